The van der Waals surface area contributed by atoms with Crippen LogP contribution in [0.1, 0.15) is 16.4 Å². The summed E-state index contributed by atoms with van der Waals surface area (Å²) in [7, 11) is 0. The van der Waals surface area contributed by atoms with Gasteiger partial charge < -0.3 is 5.32 Å². The predicted molar refractivity (Wildman–Crippen MR) is 54.8 cm³/mol. The normalized spacial score (nSPS) is 32.1. The minimum Gasteiger partial charge on any atom is -0.316 e. The molecule has 3 heteroatoms. The van der Waals surface area contributed by atoms with Gasteiger partial charge in [0.25, 0.3) is 0 Å². The van der Waals surface area contributed by atoms with E-state index in [0.29, 0.717) is 0 Å². The number of nitrogens with one attached hydrogen (secondary N) is 1. The Morgan fingerprint density at radius 1 is 1.50 bits per heavy atom. The van der Waals surface area contributed by atoms with E-state index in [1.165, 1.54) is 23.3 Å². The van der Waals surface area contributed by atoms with E-state index in [1.807, 2.05) is 11.3 Å². The lowest BCUT2D eigenvalue weighted by Gasteiger charge is -2.05. The van der Waals surface area contributed by atoms with Crippen molar-refractivity contribution < 1.29 is 0 Å². The Labute approximate surface area is 84.3 Å². The summed E-state index contributed by atoms with van der Waals surface area (Å²) in [5, 5.41) is 3.47. The lowest BCUT2D eigenvalue weighted by molar-refractivity contribution is 0.567. The van der Waals surface area contributed by atoms with Crippen molar-refractivity contribution in [2.24, 2.45) is 5.92 Å². The molecule has 0 spiro atoms. The molecule has 0 bridgehead atoms. The Morgan fingerprint density at radius 3 is 3.33 bits per heavy atom. The Morgan fingerprint density at radius 2 is 2.42 bits per heavy atom. The second-order valence-corrected chi connectivity index (χ2v) is 6.13. The minimum absolute atomic E-state index is 0.830. The zero-order valence-corrected chi connectivity index (χ0v) is 9.04. The quantitative estimate of drug-likeness (QED) is 0.738. The van der Waals surface area contributed by atoms with Crippen molar-refractivity contribution in [1.82, 2.24) is 5.32 Å². The second-order valence-electron chi connectivity index (χ2n) is 3.67. The molecule has 0 saturated carbocycles. The highest BCUT2D eigenvalue weighted by Gasteiger charge is 2.37. The van der Waals surface area contributed by atoms with E-state index in [-0.39, 0.29) is 0 Å². The lowest BCUT2D eigenvalue weighted by atomic mass is 10.0. The number of thiophene rings is 1. The van der Waals surface area contributed by atoms with Crippen LogP contribution in [0.15, 0.2) is 9.85 Å². The summed E-state index contributed by atoms with van der Waals surface area (Å²) in [6.07, 6.45) is 1.30. The molecule has 2 atom stereocenters. The molecule has 3 rings (SSSR count). The van der Waals surface area contributed by atoms with Crippen LogP contribution >= 0.6 is 27.3 Å². The zero-order valence-electron chi connectivity index (χ0n) is 6.64. The summed E-state index contributed by atoms with van der Waals surface area (Å²) in [5.74, 6) is 1.73. The summed E-state index contributed by atoms with van der Waals surface area (Å²) >= 11 is 5.48. The first-order chi connectivity index (χ1) is 5.84. The number of rotatable bonds is 0. The van der Waals surface area contributed by atoms with Crippen LogP contribution in [0.3, 0.4) is 0 Å². The monoisotopic (exact) mass is 243 g/mol. The highest BCUT2D eigenvalue weighted by Crippen LogP contribution is 2.45. The average Bonchev–Trinajstić information content (AvgIpc) is 2.59. The molecule has 0 amide bonds. The van der Waals surface area contributed by atoms with E-state index >= 15 is 0 Å². The van der Waals surface area contributed by atoms with E-state index < -0.39 is 0 Å². The van der Waals surface area contributed by atoms with Gasteiger partial charge in [0.05, 0.1) is 3.79 Å². The van der Waals surface area contributed by atoms with Gasteiger partial charge in [-0.25, -0.2) is 0 Å². The molecule has 1 fully saturated rings. The number of halogens is 1. The van der Waals surface area contributed by atoms with Gasteiger partial charge in [0.2, 0.25) is 0 Å². The number of hydrogen-bond acceptors (Lipinski definition) is 2. The summed E-state index contributed by atoms with van der Waals surface area (Å²) in [6.45, 7) is 2.42. The minimum atomic E-state index is 0.830. The standard InChI is InChI=1S/C9H10BrNS/c10-8-2-5-1-6-3-11-4-7(6)9(5)12-8/h2,6-7,11H,1,3-4H2. The summed E-state index contributed by atoms with van der Waals surface area (Å²) in [6, 6.07) is 2.30. The number of hydrogen-bond donors (Lipinski definition) is 1. The number of fused-ring (bicyclic) bond motifs is 3. The first-order valence-electron chi connectivity index (χ1n) is 4.33. The molecule has 0 radical (unpaired) electrons. The maximum atomic E-state index is 3.55. The van der Waals surface area contributed by atoms with Crippen LogP contribution in [0.25, 0.3) is 0 Å². The average molecular weight is 244 g/mol. The molecule has 1 aliphatic carbocycles. The Kier molecular flexibility index (Phi) is 1.61. The summed E-state index contributed by atoms with van der Waals surface area (Å²) < 4.78 is 1.30. The Balaban J connectivity index is 2.06. The molecule has 1 aliphatic heterocycles. The molecule has 2 unspecified atom stereocenters. The lowest BCUT2D eigenvalue weighted by Crippen LogP contribution is -2.09. The molecule has 2 heterocycles. The molecule has 0 aromatic carbocycles. The van der Waals surface area contributed by atoms with E-state index in [1.54, 1.807) is 10.4 Å². The van der Waals surface area contributed by atoms with Crippen molar-refractivity contribution in [2.45, 2.75) is 12.3 Å². The summed E-state index contributed by atoms with van der Waals surface area (Å²) in [5.41, 5.74) is 1.60. The van der Waals surface area contributed by atoms with Crippen LogP contribution in [-0.2, 0) is 6.42 Å². The molecule has 1 N–H and O–H groups in total. The van der Waals surface area contributed by atoms with Crippen molar-refractivity contribution in [3.63, 3.8) is 0 Å². The van der Waals surface area contributed by atoms with Crippen molar-refractivity contribution in [3.05, 3.63) is 20.3 Å². The van der Waals surface area contributed by atoms with Crippen LogP contribution in [-0.4, -0.2) is 13.1 Å². The first kappa shape index (κ1) is 7.54. The van der Waals surface area contributed by atoms with Crippen LogP contribution in [0.5, 0.6) is 0 Å². The van der Waals surface area contributed by atoms with Crippen molar-refractivity contribution in [1.29, 1.82) is 0 Å². The molecule has 1 saturated heterocycles. The Bertz CT molecular complexity index is 320. The molecule has 64 valence electrons. The van der Waals surface area contributed by atoms with Crippen molar-refractivity contribution >= 4 is 27.3 Å². The van der Waals surface area contributed by atoms with Gasteiger partial charge in [-0.3, -0.25) is 0 Å². The van der Waals surface area contributed by atoms with Crippen molar-refractivity contribution in [3.8, 4) is 0 Å². The van der Waals surface area contributed by atoms with Gasteiger partial charge >= 0.3 is 0 Å². The highest BCUT2D eigenvalue weighted by molar-refractivity contribution is 9.11. The van der Waals surface area contributed by atoms with Crippen LogP contribution < -0.4 is 5.32 Å². The highest BCUT2D eigenvalue weighted by atomic mass is 79.9. The molecule has 1 aromatic rings. The zero-order chi connectivity index (χ0) is 8.13. The van der Waals surface area contributed by atoms with Gasteiger partial charge in [-0.1, -0.05) is 0 Å². The van der Waals surface area contributed by atoms with Gasteiger partial charge in [-0.05, 0) is 46.4 Å². The van der Waals surface area contributed by atoms with Gasteiger partial charge in [0.1, 0.15) is 0 Å². The molecule has 1 nitrogen and oxygen atoms in total. The third-order valence-electron chi connectivity index (χ3n) is 2.97. The third-order valence-corrected chi connectivity index (χ3v) is 4.78. The van der Waals surface area contributed by atoms with Crippen LogP contribution in [0.4, 0.5) is 0 Å². The molecule has 2 aliphatic rings. The largest absolute Gasteiger partial charge is 0.316 e. The fourth-order valence-electron chi connectivity index (χ4n) is 2.42. The van der Waals surface area contributed by atoms with Gasteiger partial charge in [-0.15, -0.1) is 11.3 Å². The van der Waals surface area contributed by atoms with Gasteiger partial charge in [-0.2, -0.15) is 0 Å². The first-order valence-corrected chi connectivity index (χ1v) is 5.94. The van der Waals surface area contributed by atoms with Crippen LogP contribution in [0.2, 0.25) is 0 Å². The third kappa shape index (κ3) is 0.932. The molecule has 12 heavy (non-hydrogen) atoms. The molecular weight excluding hydrogens is 234 g/mol. The van der Waals surface area contributed by atoms with E-state index in [4.69, 9.17) is 0 Å². The van der Waals surface area contributed by atoms with Crippen molar-refractivity contribution in [2.75, 3.05) is 13.1 Å². The predicted octanol–water partition coefficient (Wildman–Crippen LogP) is 2.37. The molecule has 1 aromatic heterocycles. The Hall–Kier alpha value is 0.140. The van der Waals surface area contributed by atoms with Gasteiger partial charge in [0.15, 0.2) is 0 Å². The SMILES string of the molecule is Brc1cc2c(s1)C1CNCC1C2. The fraction of sp³-hybridized carbons (Fsp3) is 0.556. The maximum Gasteiger partial charge on any atom is 0.0704 e. The second kappa shape index (κ2) is 2.56. The smallest absolute Gasteiger partial charge is 0.0704 e. The van der Waals surface area contributed by atoms with E-state index in [2.05, 4.69) is 27.3 Å². The van der Waals surface area contributed by atoms with Gasteiger partial charge in [0, 0.05) is 17.3 Å². The summed E-state index contributed by atoms with van der Waals surface area (Å²) in [4.78, 5) is 1.64. The van der Waals surface area contributed by atoms with Crippen LogP contribution in [0, 0.1) is 5.92 Å². The maximum absolute atomic E-state index is 3.55. The topological polar surface area (TPSA) is 12.0 Å². The van der Waals surface area contributed by atoms with E-state index in [9.17, 15) is 0 Å². The molecular formula is C9H10BrNS. The fourth-order valence-corrected chi connectivity index (χ4v) is 4.33. The van der Waals surface area contributed by atoms with E-state index in [0.717, 1.165) is 11.8 Å².